The molecule has 0 aliphatic carbocycles. The Morgan fingerprint density at radius 2 is 1.65 bits per heavy atom. The standard InChI is InChI=1S/C16H13F2NO/c17-15(18)14-12-8-4-5-9-13(12)16(20)19(14)10-11-6-2-1-3-7-11/h1-9,14-15H,10H2. The van der Waals surface area contributed by atoms with Crippen LogP contribution in [0.2, 0.25) is 0 Å². The van der Waals surface area contributed by atoms with Gasteiger partial charge in [0.15, 0.2) is 0 Å². The molecule has 0 radical (unpaired) electrons. The van der Waals surface area contributed by atoms with Crippen molar-refractivity contribution in [3.8, 4) is 0 Å². The van der Waals surface area contributed by atoms with E-state index >= 15 is 0 Å². The summed E-state index contributed by atoms with van der Waals surface area (Å²) in [7, 11) is 0. The van der Waals surface area contributed by atoms with Crippen LogP contribution >= 0.6 is 0 Å². The van der Waals surface area contributed by atoms with Gasteiger partial charge in [0.2, 0.25) is 0 Å². The fraction of sp³-hybridized carbons (Fsp3) is 0.188. The first-order valence-corrected chi connectivity index (χ1v) is 6.40. The maximum absolute atomic E-state index is 13.4. The van der Waals surface area contributed by atoms with E-state index in [2.05, 4.69) is 0 Å². The number of hydrogen-bond acceptors (Lipinski definition) is 1. The van der Waals surface area contributed by atoms with Gasteiger partial charge in [-0.05, 0) is 17.2 Å². The number of nitrogens with zero attached hydrogens (tertiary/aromatic N) is 1. The smallest absolute Gasteiger partial charge is 0.262 e. The van der Waals surface area contributed by atoms with Crippen molar-refractivity contribution in [3.05, 3.63) is 71.3 Å². The van der Waals surface area contributed by atoms with Gasteiger partial charge in [-0.2, -0.15) is 0 Å². The van der Waals surface area contributed by atoms with Gasteiger partial charge in [-0.25, -0.2) is 8.78 Å². The van der Waals surface area contributed by atoms with Crippen LogP contribution in [0.5, 0.6) is 0 Å². The molecule has 1 atom stereocenters. The van der Waals surface area contributed by atoms with E-state index in [1.807, 2.05) is 30.3 Å². The average Bonchev–Trinajstić information content (AvgIpc) is 2.74. The van der Waals surface area contributed by atoms with Gasteiger partial charge in [0.25, 0.3) is 12.3 Å². The second-order valence-electron chi connectivity index (χ2n) is 4.79. The van der Waals surface area contributed by atoms with Crippen molar-refractivity contribution in [3.63, 3.8) is 0 Å². The highest BCUT2D eigenvalue weighted by atomic mass is 19.3. The lowest BCUT2D eigenvalue weighted by Crippen LogP contribution is -2.31. The highest BCUT2D eigenvalue weighted by molar-refractivity contribution is 5.99. The molecule has 0 aromatic heterocycles. The normalized spacial score (nSPS) is 17.6. The number of halogens is 2. The van der Waals surface area contributed by atoms with Crippen molar-refractivity contribution in [2.45, 2.75) is 19.0 Å². The molecular weight excluding hydrogens is 260 g/mol. The van der Waals surface area contributed by atoms with E-state index in [0.29, 0.717) is 11.1 Å². The number of carbonyl (C=O) groups excluding carboxylic acids is 1. The Morgan fingerprint density at radius 1 is 1.00 bits per heavy atom. The fourth-order valence-electron chi connectivity index (χ4n) is 2.62. The molecular formula is C16H13F2NO. The molecule has 20 heavy (non-hydrogen) atoms. The maximum Gasteiger partial charge on any atom is 0.262 e. The van der Waals surface area contributed by atoms with Gasteiger partial charge in [-0.15, -0.1) is 0 Å². The summed E-state index contributed by atoms with van der Waals surface area (Å²) in [6.45, 7) is 0.198. The number of fused-ring (bicyclic) bond motifs is 1. The molecule has 102 valence electrons. The van der Waals surface area contributed by atoms with Crippen LogP contribution in [0.25, 0.3) is 0 Å². The van der Waals surface area contributed by atoms with Crippen LogP contribution in [-0.4, -0.2) is 17.2 Å². The molecule has 0 saturated carbocycles. The number of rotatable bonds is 3. The van der Waals surface area contributed by atoms with Crippen LogP contribution in [0, 0.1) is 0 Å². The van der Waals surface area contributed by atoms with E-state index in [-0.39, 0.29) is 12.5 Å². The van der Waals surface area contributed by atoms with Gasteiger partial charge >= 0.3 is 0 Å². The summed E-state index contributed by atoms with van der Waals surface area (Å²) >= 11 is 0. The van der Waals surface area contributed by atoms with Crippen LogP contribution in [0.1, 0.15) is 27.5 Å². The molecule has 1 aliphatic rings. The summed E-state index contributed by atoms with van der Waals surface area (Å²) in [6, 6.07) is 14.6. The van der Waals surface area contributed by atoms with Crippen LogP contribution in [0.3, 0.4) is 0 Å². The minimum atomic E-state index is -2.59. The zero-order chi connectivity index (χ0) is 14.1. The van der Waals surface area contributed by atoms with Gasteiger partial charge in [-0.1, -0.05) is 48.5 Å². The van der Waals surface area contributed by atoms with Gasteiger partial charge in [0.05, 0.1) is 0 Å². The van der Waals surface area contributed by atoms with Crippen molar-refractivity contribution in [1.29, 1.82) is 0 Å². The first kappa shape index (κ1) is 12.8. The average molecular weight is 273 g/mol. The predicted molar refractivity (Wildman–Crippen MR) is 71.5 cm³/mol. The lowest BCUT2D eigenvalue weighted by Gasteiger charge is -2.24. The Kier molecular flexibility index (Phi) is 3.22. The highest BCUT2D eigenvalue weighted by Gasteiger charge is 2.41. The Morgan fingerprint density at radius 3 is 2.35 bits per heavy atom. The first-order chi connectivity index (χ1) is 9.68. The van der Waals surface area contributed by atoms with Crippen LogP contribution in [-0.2, 0) is 6.54 Å². The van der Waals surface area contributed by atoms with E-state index in [0.717, 1.165) is 5.56 Å². The molecule has 1 amide bonds. The Bertz CT molecular complexity index is 627. The molecule has 0 saturated heterocycles. The quantitative estimate of drug-likeness (QED) is 0.836. The Labute approximate surface area is 115 Å². The van der Waals surface area contributed by atoms with E-state index in [9.17, 15) is 13.6 Å². The van der Waals surface area contributed by atoms with Crippen LogP contribution in [0.4, 0.5) is 8.78 Å². The zero-order valence-corrected chi connectivity index (χ0v) is 10.7. The molecule has 0 spiro atoms. The fourth-order valence-corrected chi connectivity index (χ4v) is 2.62. The number of hydrogen-bond donors (Lipinski definition) is 0. The molecule has 1 unspecified atom stereocenters. The second-order valence-corrected chi connectivity index (χ2v) is 4.79. The number of carbonyl (C=O) groups is 1. The first-order valence-electron chi connectivity index (χ1n) is 6.40. The van der Waals surface area contributed by atoms with Crippen molar-refractivity contribution >= 4 is 5.91 Å². The van der Waals surface area contributed by atoms with Crippen molar-refractivity contribution < 1.29 is 13.6 Å². The Balaban J connectivity index is 1.97. The lowest BCUT2D eigenvalue weighted by molar-refractivity contribution is 0.0259. The van der Waals surface area contributed by atoms with Crippen LogP contribution in [0.15, 0.2) is 54.6 Å². The van der Waals surface area contributed by atoms with E-state index in [1.54, 1.807) is 24.3 Å². The molecule has 2 aromatic carbocycles. The summed E-state index contributed by atoms with van der Waals surface area (Å²) in [5, 5.41) is 0. The van der Waals surface area contributed by atoms with Crippen molar-refractivity contribution in [2.75, 3.05) is 0 Å². The van der Waals surface area contributed by atoms with Gasteiger partial charge < -0.3 is 4.90 Å². The molecule has 0 bridgehead atoms. The number of alkyl halides is 2. The van der Waals surface area contributed by atoms with Crippen molar-refractivity contribution in [1.82, 2.24) is 4.90 Å². The SMILES string of the molecule is O=C1c2ccccc2C(C(F)F)N1Cc1ccccc1. The lowest BCUT2D eigenvalue weighted by atomic mass is 10.1. The third kappa shape index (κ3) is 2.07. The number of benzene rings is 2. The van der Waals surface area contributed by atoms with Crippen LogP contribution < -0.4 is 0 Å². The predicted octanol–water partition coefficient (Wildman–Crippen LogP) is 3.65. The van der Waals surface area contributed by atoms with E-state index in [1.165, 1.54) is 4.90 Å². The summed E-state index contributed by atoms with van der Waals surface area (Å²) in [4.78, 5) is 13.6. The van der Waals surface area contributed by atoms with Gasteiger partial charge in [-0.3, -0.25) is 4.79 Å². The molecule has 0 N–H and O–H groups in total. The molecule has 3 rings (SSSR count). The number of amides is 1. The zero-order valence-electron chi connectivity index (χ0n) is 10.7. The minimum Gasteiger partial charge on any atom is -0.321 e. The largest absolute Gasteiger partial charge is 0.321 e. The second kappa shape index (κ2) is 5.04. The third-order valence-corrected chi connectivity index (χ3v) is 3.54. The molecule has 2 nitrogen and oxygen atoms in total. The van der Waals surface area contributed by atoms with Gasteiger partial charge in [0, 0.05) is 12.1 Å². The summed E-state index contributed by atoms with van der Waals surface area (Å²) in [6.07, 6.45) is -2.59. The third-order valence-electron chi connectivity index (χ3n) is 3.54. The summed E-state index contributed by atoms with van der Waals surface area (Å²) < 4.78 is 26.7. The van der Waals surface area contributed by atoms with Crippen molar-refractivity contribution in [2.24, 2.45) is 0 Å². The molecule has 0 fully saturated rings. The summed E-state index contributed by atoms with van der Waals surface area (Å²) in [5.74, 6) is -0.324. The molecule has 1 aliphatic heterocycles. The highest BCUT2D eigenvalue weighted by Crippen LogP contribution is 2.38. The topological polar surface area (TPSA) is 20.3 Å². The maximum atomic E-state index is 13.4. The van der Waals surface area contributed by atoms with E-state index in [4.69, 9.17) is 0 Å². The molecule has 1 heterocycles. The van der Waals surface area contributed by atoms with E-state index < -0.39 is 12.5 Å². The molecule has 2 aromatic rings. The monoisotopic (exact) mass is 273 g/mol. The minimum absolute atomic E-state index is 0.198. The Hall–Kier alpha value is -2.23. The summed E-state index contributed by atoms with van der Waals surface area (Å²) in [5.41, 5.74) is 1.65. The molecule has 4 heteroatoms. The van der Waals surface area contributed by atoms with Gasteiger partial charge in [0.1, 0.15) is 6.04 Å².